The average molecular weight is 419 g/mol. The molecule has 0 amide bonds. The van der Waals surface area contributed by atoms with Crippen LogP contribution in [0.1, 0.15) is 29.6 Å². The van der Waals surface area contributed by atoms with E-state index in [1.54, 1.807) is 26.1 Å². The summed E-state index contributed by atoms with van der Waals surface area (Å²) in [6.07, 6.45) is -2.08. The quantitative estimate of drug-likeness (QED) is 0.515. The Morgan fingerprint density at radius 2 is 1.97 bits per heavy atom. The number of carbonyl (C=O) groups excluding carboxylic acids is 2. The van der Waals surface area contributed by atoms with Crippen molar-refractivity contribution in [2.75, 3.05) is 6.61 Å². The number of carboxylic acids is 2. The minimum absolute atomic E-state index is 0.0118. The van der Waals surface area contributed by atoms with E-state index in [0.29, 0.717) is 11.3 Å². The molecule has 10 nitrogen and oxygen atoms in total. The fourth-order valence-electron chi connectivity index (χ4n) is 1.76. The molecule has 0 aliphatic heterocycles. The molecular weight excluding hydrogens is 403 g/mol. The Kier molecular flexibility index (Phi) is 8.23. The molecule has 0 spiro atoms. The monoisotopic (exact) mass is 419 g/mol. The highest BCUT2D eigenvalue weighted by Crippen LogP contribution is 2.21. The number of carboxylic acid groups (broad SMARTS) is 2. The highest BCUT2D eigenvalue weighted by molar-refractivity contribution is 5.87. The average Bonchev–Trinajstić information content (AvgIpc) is 3.02. The first kappa shape index (κ1) is 23.5. The third-order valence-corrected chi connectivity index (χ3v) is 3.06. The van der Waals surface area contributed by atoms with Gasteiger partial charge in [0.15, 0.2) is 12.7 Å². The number of aliphatic carboxylic acids is 2. The summed E-state index contributed by atoms with van der Waals surface area (Å²) >= 11 is 0. The zero-order valence-corrected chi connectivity index (χ0v) is 15.2. The van der Waals surface area contributed by atoms with Crippen LogP contribution >= 0.6 is 0 Å². The molecule has 158 valence electrons. The van der Waals surface area contributed by atoms with Gasteiger partial charge >= 0.3 is 18.1 Å². The number of oxazole rings is 1. The van der Waals surface area contributed by atoms with E-state index >= 15 is 0 Å². The van der Waals surface area contributed by atoms with Gasteiger partial charge in [0.1, 0.15) is 18.6 Å². The van der Waals surface area contributed by atoms with Gasteiger partial charge < -0.3 is 24.2 Å². The van der Waals surface area contributed by atoms with Crippen molar-refractivity contribution in [2.45, 2.75) is 33.0 Å². The van der Waals surface area contributed by atoms with Crippen molar-refractivity contribution in [3.05, 3.63) is 29.9 Å². The summed E-state index contributed by atoms with van der Waals surface area (Å²) in [5, 5.41) is 21.5. The van der Waals surface area contributed by atoms with Crippen molar-refractivity contribution < 1.29 is 51.6 Å². The molecule has 2 rings (SSSR count). The Morgan fingerprint density at radius 1 is 1.34 bits per heavy atom. The molecule has 0 aliphatic rings. The first-order valence-corrected chi connectivity index (χ1v) is 7.96. The number of hydrogen-bond acceptors (Lipinski definition) is 8. The van der Waals surface area contributed by atoms with Crippen molar-refractivity contribution in [3.8, 4) is 11.5 Å². The summed E-state index contributed by atoms with van der Waals surface area (Å²) in [5.74, 6) is -4.12. The van der Waals surface area contributed by atoms with E-state index in [1.165, 1.54) is 10.9 Å². The van der Waals surface area contributed by atoms with E-state index < -0.39 is 24.1 Å². The second-order valence-electron chi connectivity index (χ2n) is 5.26. The molecule has 2 heterocycles. The van der Waals surface area contributed by atoms with Gasteiger partial charge in [0.25, 0.3) is 0 Å². The lowest BCUT2D eigenvalue weighted by Gasteiger charge is -2.03. The molecule has 0 unspecified atom stereocenters. The molecule has 1 N–H and O–H groups in total. The number of esters is 1. The number of alkyl halides is 3. The third kappa shape index (κ3) is 7.56. The fourth-order valence-corrected chi connectivity index (χ4v) is 1.76. The SMILES string of the molecule is CCOC(=O)c1oc(-c2cc[n+](CCC(=O)O)nc2)nc1C.O=C([O-])C(F)(F)F. The highest BCUT2D eigenvalue weighted by atomic mass is 19.4. The van der Waals surface area contributed by atoms with E-state index in [1.807, 2.05) is 0 Å². The number of hydrogen-bond donors (Lipinski definition) is 1. The molecule has 2 aromatic heterocycles. The lowest BCUT2D eigenvalue weighted by Crippen LogP contribution is -2.38. The summed E-state index contributed by atoms with van der Waals surface area (Å²) in [6.45, 7) is 3.89. The van der Waals surface area contributed by atoms with Gasteiger partial charge in [-0.25, -0.2) is 9.78 Å². The lowest BCUT2D eigenvalue weighted by atomic mass is 10.3. The first-order chi connectivity index (χ1) is 13.5. The largest absolute Gasteiger partial charge is 0.542 e. The fraction of sp³-hybridized carbons (Fsp3) is 0.375. The molecule has 29 heavy (non-hydrogen) atoms. The molecule has 2 aromatic rings. The number of nitrogens with zero attached hydrogens (tertiary/aromatic N) is 3. The number of ether oxygens (including phenoxy) is 1. The van der Waals surface area contributed by atoms with Crippen LogP contribution in [0.4, 0.5) is 13.2 Å². The topological polar surface area (TPSA) is 147 Å². The Balaban J connectivity index is 0.000000516. The van der Waals surface area contributed by atoms with Crippen LogP contribution < -0.4 is 9.79 Å². The van der Waals surface area contributed by atoms with Gasteiger partial charge in [-0.2, -0.15) is 13.2 Å². The summed E-state index contributed by atoms with van der Waals surface area (Å²) in [6, 6.07) is 1.69. The van der Waals surface area contributed by atoms with E-state index in [-0.39, 0.29) is 31.2 Å². The Hall–Kier alpha value is -3.51. The number of aryl methyl sites for hydroxylation is 2. The van der Waals surface area contributed by atoms with Crippen molar-refractivity contribution in [1.29, 1.82) is 0 Å². The maximum Gasteiger partial charge on any atom is 0.430 e. The summed E-state index contributed by atoms with van der Waals surface area (Å²) in [4.78, 5) is 35.2. The van der Waals surface area contributed by atoms with Crippen LogP contribution in [-0.2, 0) is 20.9 Å². The van der Waals surface area contributed by atoms with Crippen LogP contribution in [0.3, 0.4) is 0 Å². The summed E-state index contributed by atoms with van der Waals surface area (Å²) < 4.78 is 43.4. The van der Waals surface area contributed by atoms with Gasteiger partial charge in [-0.1, -0.05) is 4.68 Å². The molecule has 0 atom stereocenters. The normalized spacial score (nSPS) is 10.7. The minimum Gasteiger partial charge on any atom is -0.542 e. The molecular formula is C16H16F3N3O7. The van der Waals surface area contributed by atoms with E-state index in [4.69, 9.17) is 24.2 Å². The van der Waals surface area contributed by atoms with Gasteiger partial charge in [0.05, 0.1) is 17.9 Å². The molecule has 0 aliphatic carbocycles. The van der Waals surface area contributed by atoms with Crippen molar-refractivity contribution >= 4 is 17.9 Å². The molecule has 0 bridgehead atoms. The summed E-state index contributed by atoms with van der Waals surface area (Å²) in [7, 11) is 0. The van der Waals surface area contributed by atoms with Crippen molar-refractivity contribution in [2.24, 2.45) is 0 Å². The zero-order valence-electron chi connectivity index (χ0n) is 15.2. The van der Waals surface area contributed by atoms with Gasteiger partial charge in [0.2, 0.25) is 11.7 Å². The Labute approximate surface area is 161 Å². The second-order valence-corrected chi connectivity index (χ2v) is 5.26. The number of aromatic nitrogens is 3. The Bertz CT molecular complexity index is 864. The van der Waals surface area contributed by atoms with E-state index in [9.17, 15) is 22.8 Å². The van der Waals surface area contributed by atoms with Gasteiger partial charge in [-0.15, -0.1) is 0 Å². The van der Waals surface area contributed by atoms with Crippen LogP contribution in [-0.4, -0.2) is 45.9 Å². The zero-order chi connectivity index (χ0) is 22.2. The van der Waals surface area contributed by atoms with Crippen LogP contribution in [0, 0.1) is 6.92 Å². The van der Waals surface area contributed by atoms with Crippen LogP contribution in [0.15, 0.2) is 22.9 Å². The van der Waals surface area contributed by atoms with Crippen LogP contribution in [0.2, 0.25) is 0 Å². The van der Waals surface area contributed by atoms with Crippen molar-refractivity contribution in [3.63, 3.8) is 0 Å². The summed E-state index contributed by atoms with van der Waals surface area (Å²) in [5.41, 5.74) is 1.03. The van der Waals surface area contributed by atoms with Crippen LogP contribution in [0.5, 0.6) is 0 Å². The van der Waals surface area contributed by atoms with Gasteiger partial charge in [0, 0.05) is 6.07 Å². The molecule has 13 heteroatoms. The molecule has 0 radical (unpaired) electrons. The Morgan fingerprint density at radius 3 is 2.41 bits per heavy atom. The molecule has 0 saturated heterocycles. The predicted octanol–water partition coefficient (Wildman–Crippen LogP) is 0.283. The smallest absolute Gasteiger partial charge is 0.430 e. The number of rotatable bonds is 6. The first-order valence-electron chi connectivity index (χ1n) is 7.96. The third-order valence-electron chi connectivity index (χ3n) is 3.06. The van der Waals surface area contributed by atoms with E-state index in [2.05, 4.69) is 10.1 Å². The second kappa shape index (κ2) is 10.1. The maximum atomic E-state index is 11.7. The number of carbonyl (C=O) groups is 3. The van der Waals surface area contributed by atoms with Crippen LogP contribution in [0.25, 0.3) is 11.5 Å². The maximum absolute atomic E-state index is 11.7. The number of halogens is 3. The highest BCUT2D eigenvalue weighted by Gasteiger charge is 2.28. The van der Waals surface area contributed by atoms with Gasteiger partial charge in [-0.3, -0.25) is 4.79 Å². The van der Waals surface area contributed by atoms with E-state index in [0.717, 1.165) is 0 Å². The molecule has 0 aromatic carbocycles. The molecule has 0 saturated carbocycles. The molecule has 0 fully saturated rings. The minimum atomic E-state index is -5.19. The lowest BCUT2D eigenvalue weighted by molar-refractivity contribution is -0.752. The van der Waals surface area contributed by atoms with Gasteiger partial charge in [-0.05, 0) is 18.9 Å². The predicted molar refractivity (Wildman–Crippen MR) is 83.9 cm³/mol. The standard InChI is InChI=1S/C14H15N3O5.C2HF3O2/c1-3-21-14(20)12-9(2)16-13(22-12)10-4-6-17(15-8-10)7-5-11(18)19;3-2(4,5)1(6)7/h4,6,8H,3,5,7H2,1-2H3;(H,6,7). The van der Waals surface area contributed by atoms with Crippen molar-refractivity contribution in [1.82, 2.24) is 10.1 Å².